The van der Waals surface area contributed by atoms with E-state index in [0.717, 1.165) is 31.8 Å². The van der Waals surface area contributed by atoms with E-state index >= 15 is 0 Å². The van der Waals surface area contributed by atoms with Crippen LogP contribution in [0.2, 0.25) is 0 Å². The van der Waals surface area contributed by atoms with Crippen molar-refractivity contribution in [1.29, 1.82) is 0 Å². The first-order valence-electron chi connectivity index (χ1n) is 5.82. The summed E-state index contributed by atoms with van der Waals surface area (Å²) in [7, 11) is 0. The maximum absolute atomic E-state index is 5.82. The van der Waals surface area contributed by atoms with Crippen molar-refractivity contribution in [3.05, 3.63) is 18.2 Å². The summed E-state index contributed by atoms with van der Waals surface area (Å²) >= 11 is 0. The van der Waals surface area contributed by atoms with Crippen LogP contribution in [-0.4, -0.2) is 21.8 Å². The third-order valence-electron chi connectivity index (χ3n) is 3.37. The molecule has 1 aromatic rings. The number of hydrazine groups is 1. The van der Waals surface area contributed by atoms with Crippen LogP contribution in [0.15, 0.2) is 12.4 Å². The number of nitrogens with one attached hydrogen (secondary N) is 1. The van der Waals surface area contributed by atoms with Gasteiger partial charge in [-0.2, -0.15) is 0 Å². The SMILES string of the molecule is CCn1ccnc1C(NN)C1(C)CCCO1. The van der Waals surface area contributed by atoms with Crippen LogP contribution in [0.4, 0.5) is 0 Å². The van der Waals surface area contributed by atoms with Gasteiger partial charge in [0.25, 0.3) is 0 Å². The highest BCUT2D eigenvalue weighted by atomic mass is 16.5. The van der Waals surface area contributed by atoms with Crippen LogP contribution in [0.1, 0.15) is 38.6 Å². The average molecular weight is 224 g/mol. The Balaban J connectivity index is 2.28. The minimum Gasteiger partial charge on any atom is -0.373 e. The zero-order valence-corrected chi connectivity index (χ0v) is 9.94. The first-order chi connectivity index (χ1) is 7.71. The number of rotatable bonds is 4. The average Bonchev–Trinajstić information content (AvgIpc) is 2.89. The normalized spacial score (nSPS) is 27.2. The van der Waals surface area contributed by atoms with Gasteiger partial charge in [-0.25, -0.2) is 10.4 Å². The van der Waals surface area contributed by atoms with Gasteiger partial charge < -0.3 is 9.30 Å². The second-order valence-corrected chi connectivity index (χ2v) is 4.44. The first-order valence-corrected chi connectivity index (χ1v) is 5.82. The van der Waals surface area contributed by atoms with Crippen LogP contribution in [-0.2, 0) is 11.3 Å². The zero-order chi connectivity index (χ0) is 11.6. The molecule has 0 spiro atoms. The van der Waals surface area contributed by atoms with Gasteiger partial charge in [-0.1, -0.05) is 0 Å². The Morgan fingerprint density at radius 2 is 2.56 bits per heavy atom. The molecule has 3 N–H and O–H groups in total. The smallest absolute Gasteiger partial charge is 0.130 e. The molecular formula is C11H20N4O. The molecule has 0 amide bonds. The number of hydrogen-bond donors (Lipinski definition) is 2. The Labute approximate surface area is 96.0 Å². The summed E-state index contributed by atoms with van der Waals surface area (Å²) < 4.78 is 7.92. The lowest BCUT2D eigenvalue weighted by atomic mass is 9.93. The van der Waals surface area contributed by atoms with Crippen LogP contribution in [0.5, 0.6) is 0 Å². The van der Waals surface area contributed by atoms with Gasteiger partial charge in [-0.3, -0.25) is 5.84 Å². The standard InChI is InChI=1S/C11H20N4O/c1-3-15-7-6-13-10(15)9(14-12)11(2)5-4-8-16-11/h6-7,9,14H,3-5,8,12H2,1-2H3. The summed E-state index contributed by atoms with van der Waals surface area (Å²) in [6, 6.07) is -0.0510. The minimum atomic E-state index is -0.243. The van der Waals surface area contributed by atoms with Crippen molar-refractivity contribution >= 4 is 0 Å². The van der Waals surface area contributed by atoms with Crippen molar-refractivity contribution in [2.24, 2.45) is 5.84 Å². The summed E-state index contributed by atoms with van der Waals surface area (Å²) in [6.07, 6.45) is 5.87. The fourth-order valence-corrected chi connectivity index (χ4v) is 2.40. The largest absolute Gasteiger partial charge is 0.373 e. The first kappa shape index (κ1) is 11.6. The Bertz CT molecular complexity index is 344. The molecule has 1 aliphatic rings. The molecule has 2 rings (SSSR count). The molecule has 2 unspecified atom stereocenters. The van der Waals surface area contributed by atoms with E-state index in [9.17, 15) is 0 Å². The highest BCUT2D eigenvalue weighted by Gasteiger charge is 2.40. The van der Waals surface area contributed by atoms with Gasteiger partial charge in [0.2, 0.25) is 0 Å². The van der Waals surface area contributed by atoms with Crippen molar-refractivity contribution in [1.82, 2.24) is 15.0 Å². The molecule has 5 nitrogen and oxygen atoms in total. The summed E-state index contributed by atoms with van der Waals surface area (Å²) in [5, 5.41) is 0. The Hall–Kier alpha value is -0.910. The molecule has 90 valence electrons. The van der Waals surface area contributed by atoms with Crippen molar-refractivity contribution in [3.8, 4) is 0 Å². The molecule has 0 aliphatic carbocycles. The molecule has 16 heavy (non-hydrogen) atoms. The molecule has 0 radical (unpaired) electrons. The number of aryl methyl sites for hydroxylation is 1. The number of ether oxygens (including phenoxy) is 1. The summed E-state index contributed by atoms with van der Waals surface area (Å²) in [6.45, 7) is 5.89. The maximum atomic E-state index is 5.82. The van der Waals surface area contributed by atoms with E-state index in [1.165, 1.54) is 0 Å². The predicted molar refractivity (Wildman–Crippen MR) is 61.6 cm³/mol. The van der Waals surface area contributed by atoms with E-state index in [2.05, 4.69) is 28.8 Å². The monoisotopic (exact) mass is 224 g/mol. The van der Waals surface area contributed by atoms with Gasteiger partial charge in [0.1, 0.15) is 11.9 Å². The van der Waals surface area contributed by atoms with Gasteiger partial charge in [0.05, 0.1) is 5.60 Å². The quantitative estimate of drug-likeness (QED) is 0.591. The van der Waals surface area contributed by atoms with Gasteiger partial charge in [-0.15, -0.1) is 0 Å². The van der Waals surface area contributed by atoms with E-state index in [-0.39, 0.29) is 11.6 Å². The number of nitrogens with zero attached hydrogens (tertiary/aromatic N) is 2. The molecule has 1 aliphatic heterocycles. The summed E-state index contributed by atoms with van der Waals surface area (Å²) in [5.74, 6) is 6.62. The van der Waals surface area contributed by atoms with Gasteiger partial charge in [0, 0.05) is 25.5 Å². The third-order valence-corrected chi connectivity index (χ3v) is 3.37. The summed E-state index contributed by atoms with van der Waals surface area (Å²) in [5.41, 5.74) is 2.61. The van der Waals surface area contributed by atoms with Crippen molar-refractivity contribution < 1.29 is 4.74 Å². The minimum absolute atomic E-state index is 0.0510. The van der Waals surface area contributed by atoms with Crippen molar-refractivity contribution in [2.45, 2.75) is 44.9 Å². The van der Waals surface area contributed by atoms with Crippen LogP contribution < -0.4 is 11.3 Å². The Morgan fingerprint density at radius 1 is 1.75 bits per heavy atom. The lowest BCUT2D eigenvalue weighted by Crippen LogP contribution is -2.45. The molecule has 1 aromatic heterocycles. The van der Waals surface area contributed by atoms with Crippen LogP contribution in [0.3, 0.4) is 0 Å². The predicted octanol–water partition coefficient (Wildman–Crippen LogP) is 0.976. The summed E-state index contributed by atoms with van der Waals surface area (Å²) in [4.78, 5) is 4.39. The number of aromatic nitrogens is 2. The van der Waals surface area contributed by atoms with E-state index in [1.54, 1.807) is 0 Å². The molecule has 1 saturated heterocycles. The van der Waals surface area contributed by atoms with Gasteiger partial charge in [0.15, 0.2) is 0 Å². The van der Waals surface area contributed by atoms with E-state index in [1.807, 2.05) is 12.4 Å². The van der Waals surface area contributed by atoms with Crippen molar-refractivity contribution in [3.63, 3.8) is 0 Å². The van der Waals surface area contributed by atoms with Gasteiger partial charge >= 0.3 is 0 Å². The lowest BCUT2D eigenvalue weighted by molar-refractivity contribution is -0.0157. The van der Waals surface area contributed by atoms with Crippen LogP contribution in [0, 0.1) is 0 Å². The molecule has 5 heteroatoms. The highest BCUT2D eigenvalue weighted by Crippen LogP contribution is 2.36. The fraction of sp³-hybridized carbons (Fsp3) is 0.727. The van der Waals surface area contributed by atoms with Crippen LogP contribution in [0.25, 0.3) is 0 Å². The van der Waals surface area contributed by atoms with E-state index in [4.69, 9.17) is 10.6 Å². The number of imidazole rings is 1. The Kier molecular flexibility index (Phi) is 3.28. The molecule has 2 heterocycles. The number of hydrogen-bond acceptors (Lipinski definition) is 4. The lowest BCUT2D eigenvalue weighted by Gasteiger charge is -2.32. The highest BCUT2D eigenvalue weighted by molar-refractivity contribution is 5.07. The molecule has 0 aromatic carbocycles. The van der Waals surface area contributed by atoms with E-state index < -0.39 is 0 Å². The molecule has 1 fully saturated rings. The zero-order valence-electron chi connectivity index (χ0n) is 9.94. The third kappa shape index (κ3) is 1.86. The second-order valence-electron chi connectivity index (χ2n) is 4.44. The fourth-order valence-electron chi connectivity index (χ4n) is 2.40. The maximum Gasteiger partial charge on any atom is 0.130 e. The molecular weight excluding hydrogens is 204 g/mol. The molecule has 0 bridgehead atoms. The molecule has 2 atom stereocenters. The van der Waals surface area contributed by atoms with E-state index in [0.29, 0.717) is 0 Å². The topological polar surface area (TPSA) is 65.1 Å². The molecule has 0 saturated carbocycles. The van der Waals surface area contributed by atoms with Crippen LogP contribution >= 0.6 is 0 Å². The van der Waals surface area contributed by atoms with Gasteiger partial charge in [-0.05, 0) is 26.7 Å². The number of nitrogens with two attached hydrogens (primary N) is 1. The Morgan fingerprint density at radius 3 is 3.12 bits per heavy atom. The second kappa shape index (κ2) is 4.53. The van der Waals surface area contributed by atoms with Crippen molar-refractivity contribution in [2.75, 3.05) is 6.61 Å².